The second kappa shape index (κ2) is 8.15. The molecule has 0 saturated carbocycles. The van der Waals surface area contributed by atoms with Crippen molar-refractivity contribution in [2.45, 2.75) is 32.4 Å². The molecule has 1 heterocycles. The molecular weight excluding hydrogens is 280 g/mol. The molecule has 122 valence electrons. The fourth-order valence-corrected chi connectivity index (χ4v) is 2.84. The Balaban J connectivity index is 1.72. The lowest BCUT2D eigenvalue weighted by atomic mass is 9.92. The Labute approximate surface area is 132 Å². The molecule has 2 rings (SSSR count). The minimum Gasteiger partial charge on any atom is -0.497 e. The average molecular weight is 306 g/mol. The Kier molecular flexibility index (Phi) is 6.21. The number of aliphatic hydroxyl groups excluding tert-OH is 1. The van der Waals surface area contributed by atoms with Crippen LogP contribution < -0.4 is 10.1 Å². The molecule has 1 saturated heterocycles. The lowest BCUT2D eigenvalue weighted by molar-refractivity contribution is -0.122. The molecule has 2 N–H and O–H groups in total. The summed E-state index contributed by atoms with van der Waals surface area (Å²) in [6, 6.07) is 7.70. The number of nitrogens with zero attached hydrogens (tertiary/aromatic N) is 1. The van der Waals surface area contributed by atoms with Crippen molar-refractivity contribution in [3.8, 4) is 5.75 Å². The normalized spacial score (nSPS) is 18.0. The number of carbonyl (C=O) groups excluding carboxylic acids is 1. The summed E-state index contributed by atoms with van der Waals surface area (Å²) in [6.07, 6.45) is 1.67. The first-order valence-corrected chi connectivity index (χ1v) is 7.88. The second-order valence-corrected chi connectivity index (χ2v) is 5.98. The highest BCUT2D eigenvalue weighted by atomic mass is 16.5. The minimum absolute atomic E-state index is 0.0401. The zero-order valence-corrected chi connectivity index (χ0v) is 13.4. The second-order valence-electron chi connectivity index (χ2n) is 5.98. The van der Waals surface area contributed by atoms with Gasteiger partial charge in [0.15, 0.2) is 0 Å². The van der Waals surface area contributed by atoms with E-state index < -0.39 is 0 Å². The summed E-state index contributed by atoms with van der Waals surface area (Å²) in [4.78, 5) is 14.2. The fraction of sp³-hybridized carbons (Fsp3) is 0.588. The smallest absolute Gasteiger partial charge is 0.234 e. The molecule has 1 atom stereocenters. The van der Waals surface area contributed by atoms with Crippen LogP contribution >= 0.6 is 0 Å². The molecule has 22 heavy (non-hydrogen) atoms. The molecule has 5 heteroatoms. The maximum absolute atomic E-state index is 12.0. The van der Waals surface area contributed by atoms with Gasteiger partial charge in [-0.3, -0.25) is 9.69 Å². The number of hydrogen-bond donors (Lipinski definition) is 2. The standard InChI is InChI=1S/C17H26N2O3/c1-13(20)15-6-8-19(9-7-15)12-17(21)18-11-14-4-3-5-16(10-14)22-2/h3-5,10,13,15,20H,6-9,11-12H2,1-2H3,(H,18,21). The van der Waals surface area contributed by atoms with E-state index in [0.717, 1.165) is 37.2 Å². The van der Waals surface area contributed by atoms with E-state index in [1.807, 2.05) is 31.2 Å². The molecule has 1 fully saturated rings. The van der Waals surface area contributed by atoms with Crippen LogP contribution in [0.3, 0.4) is 0 Å². The number of benzene rings is 1. The predicted molar refractivity (Wildman–Crippen MR) is 85.7 cm³/mol. The van der Waals surface area contributed by atoms with Crippen LogP contribution in [0.25, 0.3) is 0 Å². The first-order valence-electron chi connectivity index (χ1n) is 7.88. The number of rotatable bonds is 6. The van der Waals surface area contributed by atoms with E-state index in [-0.39, 0.29) is 12.0 Å². The number of nitrogens with one attached hydrogen (secondary N) is 1. The summed E-state index contributed by atoms with van der Waals surface area (Å²) in [7, 11) is 1.63. The number of ether oxygens (including phenoxy) is 1. The SMILES string of the molecule is COc1cccc(CNC(=O)CN2CCC(C(C)O)CC2)c1. The monoisotopic (exact) mass is 306 g/mol. The zero-order chi connectivity index (χ0) is 15.9. The van der Waals surface area contributed by atoms with Crippen LogP contribution in [0.5, 0.6) is 5.75 Å². The number of carbonyl (C=O) groups is 1. The van der Waals surface area contributed by atoms with Gasteiger partial charge >= 0.3 is 0 Å². The Morgan fingerprint density at radius 3 is 2.82 bits per heavy atom. The maximum atomic E-state index is 12.0. The summed E-state index contributed by atoms with van der Waals surface area (Å²) >= 11 is 0. The maximum Gasteiger partial charge on any atom is 0.234 e. The number of hydrogen-bond acceptors (Lipinski definition) is 4. The Bertz CT molecular complexity index is 483. The topological polar surface area (TPSA) is 61.8 Å². The van der Waals surface area contributed by atoms with Gasteiger partial charge in [-0.05, 0) is 56.5 Å². The van der Waals surface area contributed by atoms with Crippen LogP contribution in [0.1, 0.15) is 25.3 Å². The third-order valence-electron chi connectivity index (χ3n) is 4.31. The quantitative estimate of drug-likeness (QED) is 0.834. The van der Waals surface area contributed by atoms with Gasteiger partial charge in [0, 0.05) is 6.54 Å². The van der Waals surface area contributed by atoms with Crippen LogP contribution in [0.2, 0.25) is 0 Å². The third-order valence-corrected chi connectivity index (χ3v) is 4.31. The summed E-state index contributed by atoms with van der Waals surface area (Å²) in [5, 5.41) is 12.5. The highest BCUT2D eigenvalue weighted by molar-refractivity contribution is 5.78. The average Bonchev–Trinajstić information content (AvgIpc) is 2.53. The molecule has 1 aromatic carbocycles. The van der Waals surface area contributed by atoms with E-state index in [9.17, 15) is 9.90 Å². The number of amides is 1. The van der Waals surface area contributed by atoms with Crippen molar-refractivity contribution >= 4 is 5.91 Å². The predicted octanol–water partition coefficient (Wildman–Crippen LogP) is 1.40. The molecule has 0 spiro atoms. The molecule has 1 aliphatic heterocycles. The van der Waals surface area contributed by atoms with Crippen molar-refractivity contribution in [3.05, 3.63) is 29.8 Å². The van der Waals surface area contributed by atoms with Gasteiger partial charge in [0.25, 0.3) is 0 Å². The molecule has 5 nitrogen and oxygen atoms in total. The van der Waals surface area contributed by atoms with Gasteiger partial charge in [0.05, 0.1) is 19.8 Å². The summed E-state index contributed by atoms with van der Waals surface area (Å²) in [6.45, 7) is 4.54. The molecule has 0 bridgehead atoms. The Morgan fingerprint density at radius 2 is 2.18 bits per heavy atom. The van der Waals surface area contributed by atoms with E-state index >= 15 is 0 Å². The van der Waals surface area contributed by atoms with Gasteiger partial charge < -0.3 is 15.2 Å². The van der Waals surface area contributed by atoms with Gasteiger partial charge in [0.1, 0.15) is 5.75 Å². The van der Waals surface area contributed by atoms with Gasteiger partial charge in [-0.2, -0.15) is 0 Å². The van der Waals surface area contributed by atoms with Crippen LogP contribution in [0, 0.1) is 5.92 Å². The Morgan fingerprint density at radius 1 is 1.45 bits per heavy atom. The van der Waals surface area contributed by atoms with Gasteiger partial charge in [-0.1, -0.05) is 12.1 Å². The van der Waals surface area contributed by atoms with Crippen molar-refractivity contribution < 1.29 is 14.6 Å². The number of aliphatic hydroxyl groups is 1. The van der Waals surface area contributed by atoms with Gasteiger partial charge in [0.2, 0.25) is 5.91 Å². The van der Waals surface area contributed by atoms with Gasteiger partial charge in [-0.25, -0.2) is 0 Å². The van der Waals surface area contributed by atoms with Crippen LogP contribution in [0.15, 0.2) is 24.3 Å². The molecule has 1 aromatic rings. The lowest BCUT2D eigenvalue weighted by Gasteiger charge is -2.32. The summed E-state index contributed by atoms with van der Waals surface area (Å²) < 4.78 is 5.17. The Hall–Kier alpha value is -1.59. The molecular formula is C17H26N2O3. The fourth-order valence-electron chi connectivity index (χ4n) is 2.84. The van der Waals surface area contributed by atoms with Crippen molar-refractivity contribution in [1.82, 2.24) is 10.2 Å². The van der Waals surface area contributed by atoms with Crippen LogP contribution in [0.4, 0.5) is 0 Å². The van der Waals surface area contributed by atoms with Crippen LogP contribution in [-0.4, -0.2) is 48.8 Å². The third kappa shape index (κ3) is 5.00. The zero-order valence-electron chi connectivity index (χ0n) is 13.4. The number of methoxy groups -OCH3 is 1. The van der Waals surface area contributed by atoms with Crippen molar-refractivity contribution in [2.75, 3.05) is 26.7 Å². The van der Waals surface area contributed by atoms with E-state index in [0.29, 0.717) is 19.0 Å². The number of piperidine rings is 1. The van der Waals surface area contributed by atoms with Crippen molar-refractivity contribution in [3.63, 3.8) is 0 Å². The molecule has 1 amide bonds. The molecule has 0 radical (unpaired) electrons. The van der Waals surface area contributed by atoms with Crippen LogP contribution in [-0.2, 0) is 11.3 Å². The van der Waals surface area contributed by atoms with E-state index in [1.54, 1.807) is 7.11 Å². The van der Waals surface area contributed by atoms with E-state index in [1.165, 1.54) is 0 Å². The van der Waals surface area contributed by atoms with Gasteiger partial charge in [-0.15, -0.1) is 0 Å². The first-order chi connectivity index (χ1) is 10.6. The molecule has 0 aliphatic carbocycles. The van der Waals surface area contributed by atoms with E-state index in [4.69, 9.17) is 4.74 Å². The highest BCUT2D eigenvalue weighted by Gasteiger charge is 2.23. The van der Waals surface area contributed by atoms with Crippen molar-refractivity contribution in [2.24, 2.45) is 5.92 Å². The summed E-state index contributed by atoms with van der Waals surface area (Å²) in [5.74, 6) is 1.21. The summed E-state index contributed by atoms with van der Waals surface area (Å²) in [5.41, 5.74) is 1.03. The largest absolute Gasteiger partial charge is 0.497 e. The molecule has 1 unspecified atom stereocenters. The highest BCUT2D eigenvalue weighted by Crippen LogP contribution is 2.20. The minimum atomic E-state index is -0.246. The lowest BCUT2D eigenvalue weighted by Crippen LogP contribution is -2.42. The molecule has 0 aromatic heterocycles. The van der Waals surface area contributed by atoms with Crippen molar-refractivity contribution in [1.29, 1.82) is 0 Å². The van der Waals surface area contributed by atoms with E-state index in [2.05, 4.69) is 10.2 Å². The molecule has 1 aliphatic rings. The number of likely N-dealkylation sites (tertiary alicyclic amines) is 1. The first kappa shape index (κ1) is 16.8.